The summed E-state index contributed by atoms with van der Waals surface area (Å²) in [5, 5.41) is 8.45. The van der Waals surface area contributed by atoms with Crippen LogP contribution < -0.4 is 0 Å². The van der Waals surface area contributed by atoms with Gasteiger partial charge in [-0.05, 0) is 6.92 Å². The molecule has 1 unspecified atom stereocenters. The molecule has 0 saturated heterocycles. The predicted octanol–water partition coefficient (Wildman–Crippen LogP) is 0.0711. The standard InChI is InChI=1S/C8H8N2O2/c1-6(4-9)5-10-7(11)2-3-8(10)12/h2-3,6H,5H2,1H3. The summed E-state index contributed by atoms with van der Waals surface area (Å²) in [6.45, 7) is 1.85. The maximum absolute atomic E-state index is 10.9. The maximum atomic E-state index is 10.9. The van der Waals surface area contributed by atoms with Crippen LogP contribution in [0.25, 0.3) is 0 Å². The lowest BCUT2D eigenvalue weighted by Gasteiger charge is -2.13. The molecule has 1 aliphatic rings. The minimum Gasteiger partial charge on any atom is -0.274 e. The molecule has 0 aliphatic carbocycles. The van der Waals surface area contributed by atoms with Gasteiger partial charge >= 0.3 is 0 Å². The first-order valence-corrected chi connectivity index (χ1v) is 3.58. The topological polar surface area (TPSA) is 61.2 Å². The zero-order chi connectivity index (χ0) is 9.14. The van der Waals surface area contributed by atoms with E-state index in [1.807, 2.05) is 6.07 Å². The van der Waals surface area contributed by atoms with Crippen molar-refractivity contribution in [3.05, 3.63) is 12.2 Å². The Morgan fingerprint density at radius 2 is 2.00 bits per heavy atom. The summed E-state index contributed by atoms with van der Waals surface area (Å²) in [7, 11) is 0. The van der Waals surface area contributed by atoms with Crippen LogP contribution in [0, 0.1) is 17.2 Å². The minimum atomic E-state index is -0.331. The molecule has 0 aromatic heterocycles. The lowest BCUT2D eigenvalue weighted by molar-refractivity contribution is -0.137. The van der Waals surface area contributed by atoms with Gasteiger partial charge in [-0.3, -0.25) is 14.5 Å². The summed E-state index contributed by atoms with van der Waals surface area (Å²) >= 11 is 0. The van der Waals surface area contributed by atoms with Gasteiger partial charge in [0.2, 0.25) is 0 Å². The van der Waals surface area contributed by atoms with Gasteiger partial charge in [-0.1, -0.05) is 0 Å². The summed E-state index contributed by atoms with van der Waals surface area (Å²) in [4.78, 5) is 23.0. The van der Waals surface area contributed by atoms with E-state index in [1.54, 1.807) is 6.92 Å². The van der Waals surface area contributed by atoms with Gasteiger partial charge in [-0.15, -0.1) is 0 Å². The van der Waals surface area contributed by atoms with Gasteiger partial charge in [0.15, 0.2) is 0 Å². The van der Waals surface area contributed by atoms with Crippen LogP contribution in [-0.2, 0) is 9.59 Å². The fourth-order valence-electron chi connectivity index (χ4n) is 0.926. The largest absolute Gasteiger partial charge is 0.274 e. The van der Waals surface area contributed by atoms with Crippen LogP contribution in [0.5, 0.6) is 0 Å². The van der Waals surface area contributed by atoms with Crippen LogP contribution in [0.1, 0.15) is 6.92 Å². The monoisotopic (exact) mass is 164 g/mol. The number of carbonyl (C=O) groups excluding carboxylic acids is 2. The normalized spacial score (nSPS) is 18.2. The second-order valence-corrected chi connectivity index (χ2v) is 2.65. The van der Waals surface area contributed by atoms with Crippen LogP contribution in [0.2, 0.25) is 0 Å². The van der Waals surface area contributed by atoms with Crippen LogP contribution >= 0.6 is 0 Å². The average molecular weight is 164 g/mol. The molecule has 0 N–H and O–H groups in total. The van der Waals surface area contributed by atoms with Crippen molar-refractivity contribution in [3.8, 4) is 6.07 Å². The van der Waals surface area contributed by atoms with E-state index in [9.17, 15) is 9.59 Å². The predicted molar refractivity (Wildman–Crippen MR) is 40.6 cm³/mol. The Bertz CT molecular complexity index is 270. The SMILES string of the molecule is CC(C#N)CN1C(=O)C=CC1=O. The second-order valence-electron chi connectivity index (χ2n) is 2.65. The van der Waals surface area contributed by atoms with E-state index in [0.29, 0.717) is 0 Å². The van der Waals surface area contributed by atoms with Gasteiger partial charge < -0.3 is 0 Å². The van der Waals surface area contributed by atoms with Crippen LogP contribution in [-0.4, -0.2) is 23.3 Å². The average Bonchev–Trinajstić information content (AvgIpc) is 2.35. The third-order valence-electron chi connectivity index (χ3n) is 1.58. The van der Waals surface area contributed by atoms with E-state index in [1.165, 1.54) is 12.2 Å². The molecular formula is C8H8N2O2. The highest BCUT2D eigenvalue weighted by Gasteiger charge is 2.24. The molecule has 0 aromatic carbocycles. The van der Waals surface area contributed by atoms with Crippen molar-refractivity contribution in [2.24, 2.45) is 5.92 Å². The van der Waals surface area contributed by atoms with Crippen molar-refractivity contribution in [1.29, 1.82) is 5.26 Å². The molecule has 0 radical (unpaired) electrons. The van der Waals surface area contributed by atoms with Crippen LogP contribution in [0.4, 0.5) is 0 Å². The van der Waals surface area contributed by atoms with Gasteiger partial charge in [0, 0.05) is 18.7 Å². The first-order valence-electron chi connectivity index (χ1n) is 3.58. The van der Waals surface area contributed by atoms with Gasteiger partial charge in [-0.25, -0.2) is 0 Å². The molecule has 1 rings (SSSR count). The van der Waals surface area contributed by atoms with Crippen LogP contribution in [0.3, 0.4) is 0 Å². The first kappa shape index (κ1) is 8.47. The molecule has 1 atom stereocenters. The summed E-state index contributed by atoms with van der Waals surface area (Å²) in [5.41, 5.74) is 0. The Labute approximate surface area is 70.1 Å². The Hall–Kier alpha value is -1.63. The highest BCUT2D eigenvalue weighted by atomic mass is 16.2. The highest BCUT2D eigenvalue weighted by molar-refractivity contribution is 6.12. The minimum absolute atomic E-state index is 0.182. The van der Waals surface area contributed by atoms with Crippen LogP contribution in [0.15, 0.2) is 12.2 Å². The molecule has 4 nitrogen and oxygen atoms in total. The molecule has 2 amide bonds. The number of hydrogen-bond donors (Lipinski definition) is 0. The zero-order valence-electron chi connectivity index (χ0n) is 6.65. The molecule has 1 aliphatic heterocycles. The number of carbonyl (C=O) groups is 2. The van der Waals surface area contributed by atoms with E-state index in [-0.39, 0.29) is 24.3 Å². The lowest BCUT2D eigenvalue weighted by atomic mass is 10.2. The Morgan fingerprint density at radius 3 is 2.42 bits per heavy atom. The third-order valence-corrected chi connectivity index (χ3v) is 1.58. The van der Waals surface area contributed by atoms with Crippen molar-refractivity contribution in [1.82, 2.24) is 4.90 Å². The molecule has 1 heterocycles. The summed E-state index contributed by atoms with van der Waals surface area (Å²) in [6, 6.07) is 1.96. The first-order chi connectivity index (χ1) is 5.65. The Kier molecular flexibility index (Phi) is 2.24. The van der Waals surface area contributed by atoms with Gasteiger partial charge in [0.25, 0.3) is 11.8 Å². The molecule has 0 aromatic rings. The molecule has 0 bridgehead atoms. The number of hydrogen-bond acceptors (Lipinski definition) is 3. The molecule has 4 heteroatoms. The Balaban J connectivity index is 2.61. The highest BCUT2D eigenvalue weighted by Crippen LogP contribution is 2.06. The van der Waals surface area contributed by atoms with Crippen molar-refractivity contribution in [2.75, 3.05) is 6.54 Å². The maximum Gasteiger partial charge on any atom is 0.253 e. The van der Waals surface area contributed by atoms with Gasteiger partial charge in [0.05, 0.1) is 12.0 Å². The number of rotatable bonds is 2. The van der Waals surface area contributed by atoms with Crippen molar-refractivity contribution < 1.29 is 9.59 Å². The van der Waals surface area contributed by atoms with Crippen molar-refractivity contribution in [2.45, 2.75) is 6.92 Å². The fraction of sp³-hybridized carbons (Fsp3) is 0.375. The number of nitriles is 1. The van der Waals surface area contributed by atoms with Crippen molar-refractivity contribution in [3.63, 3.8) is 0 Å². The van der Waals surface area contributed by atoms with E-state index in [4.69, 9.17) is 5.26 Å². The quantitative estimate of drug-likeness (QED) is 0.542. The van der Waals surface area contributed by atoms with Gasteiger partial charge in [-0.2, -0.15) is 5.26 Å². The molecule has 0 spiro atoms. The molecule has 62 valence electrons. The second kappa shape index (κ2) is 3.18. The van der Waals surface area contributed by atoms with E-state index < -0.39 is 0 Å². The summed E-state index contributed by atoms with van der Waals surface area (Å²) in [6.07, 6.45) is 2.43. The number of amides is 2. The number of nitrogens with zero attached hydrogens (tertiary/aromatic N) is 2. The Morgan fingerprint density at radius 1 is 1.50 bits per heavy atom. The number of imide groups is 1. The molecule has 0 saturated carbocycles. The lowest BCUT2D eigenvalue weighted by Crippen LogP contribution is -2.33. The molecule has 12 heavy (non-hydrogen) atoms. The summed E-state index contributed by atoms with van der Waals surface area (Å²) < 4.78 is 0. The van der Waals surface area contributed by atoms with E-state index in [0.717, 1.165) is 4.90 Å². The molecule has 0 fully saturated rings. The fourth-order valence-corrected chi connectivity index (χ4v) is 0.926. The smallest absolute Gasteiger partial charge is 0.253 e. The van der Waals surface area contributed by atoms with E-state index >= 15 is 0 Å². The van der Waals surface area contributed by atoms with Crippen molar-refractivity contribution >= 4 is 11.8 Å². The van der Waals surface area contributed by atoms with E-state index in [2.05, 4.69) is 0 Å². The van der Waals surface area contributed by atoms with Gasteiger partial charge in [0.1, 0.15) is 0 Å². The zero-order valence-corrected chi connectivity index (χ0v) is 6.65. The molecular weight excluding hydrogens is 156 g/mol. The third kappa shape index (κ3) is 1.51. The summed E-state index contributed by atoms with van der Waals surface area (Å²) in [5.74, 6) is -0.970.